The van der Waals surface area contributed by atoms with Crippen LogP contribution in [0.5, 0.6) is 0 Å². The van der Waals surface area contributed by atoms with E-state index in [1.54, 1.807) is 12.1 Å². The third-order valence-corrected chi connectivity index (χ3v) is 4.22. The van der Waals surface area contributed by atoms with Crippen LogP contribution in [-0.2, 0) is 0 Å². The van der Waals surface area contributed by atoms with Gasteiger partial charge in [0, 0.05) is 28.8 Å². The van der Waals surface area contributed by atoms with E-state index in [0.717, 1.165) is 33.8 Å². The number of hydrogen-bond donors (Lipinski definition) is 0. The Balaban J connectivity index is 1.87. The zero-order valence-corrected chi connectivity index (χ0v) is 13.8. The van der Waals surface area contributed by atoms with E-state index in [-0.39, 0.29) is 5.69 Å². The van der Waals surface area contributed by atoms with Crippen molar-refractivity contribution in [1.29, 1.82) is 0 Å². The Bertz CT molecular complexity index is 1040. The molecule has 0 amide bonds. The van der Waals surface area contributed by atoms with Gasteiger partial charge in [0.25, 0.3) is 5.69 Å². The van der Waals surface area contributed by atoms with Crippen LogP contribution in [0, 0.1) is 10.1 Å². The van der Waals surface area contributed by atoms with Gasteiger partial charge in [-0.3, -0.25) is 10.1 Å². The largest absolute Gasteiger partial charge is 0.455 e. The summed E-state index contributed by atoms with van der Waals surface area (Å²) in [6, 6.07) is 28.2. The van der Waals surface area contributed by atoms with Gasteiger partial charge < -0.3 is 4.42 Å². The highest BCUT2D eigenvalue weighted by atomic mass is 16.6. The van der Waals surface area contributed by atoms with Crippen molar-refractivity contribution in [3.63, 3.8) is 0 Å². The van der Waals surface area contributed by atoms with Crippen LogP contribution in [0.1, 0.15) is 0 Å². The van der Waals surface area contributed by atoms with Gasteiger partial charge in [-0.2, -0.15) is 0 Å². The van der Waals surface area contributed by atoms with Crippen molar-refractivity contribution in [2.24, 2.45) is 0 Å². The first kappa shape index (κ1) is 15.8. The van der Waals surface area contributed by atoms with Crippen molar-refractivity contribution in [3.8, 4) is 33.8 Å². The standard InChI is InChI=1S/C22H15NO3/c24-23(25)19-13-11-16(12-14-19)20-15-21(17-7-3-1-4-8-17)26-22(20)18-9-5-2-6-10-18/h1-15H. The Kier molecular flexibility index (Phi) is 4.07. The van der Waals surface area contributed by atoms with Crippen LogP contribution in [0.2, 0.25) is 0 Å². The van der Waals surface area contributed by atoms with E-state index in [4.69, 9.17) is 4.42 Å². The Hall–Kier alpha value is -3.66. The van der Waals surface area contributed by atoms with Crippen LogP contribution in [0.3, 0.4) is 0 Å². The molecule has 0 bridgehead atoms. The van der Waals surface area contributed by atoms with E-state index in [2.05, 4.69) is 0 Å². The molecule has 126 valence electrons. The molecule has 0 saturated carbocycles. The van der Waals surface area contributed by atoms with Gasteiger partial charge >= 0.3 is 0 Å². The molecule has 3 aromatic carbocycles. The molecule has 4 nitrogen and oxygen atoms in total. The van der Waals surface area contributed by atoms with Gasteiger partial charge in [0.1, 0.15) is 11.5 Å². The van der Waals surface area contributed by atoms with Crippen LogP contribution in [0.15, 0.2) is 95.4 Å². The van der Waals surface area contributed by atoms with E-state index < -0.39 is 4.92 Å². The van der Waals surface area contributed by atoms with Crippen LogP contribution < -0.4 is 0 Å². The second-order valence-electron chi connectivity index (χ2n) is 5.89. The van der Waals surface area contributed by atoms with Crippen LogP contribution in [0.4, 0.5) is 5.69 Å². The normalized spacial score (nSPS) is 10.6. The zero-order valence-electron chi connectivity index (χ0n) is 13.8. The SMILES string of the molecule is O=[N+]([O-])c1ccc(-c2cc(-c3ccccc3)oc2-c2ccccc2)cc1. The Morgan fingerprint density at radius 3 is 1.85 bits per heavy atom. The van der Waals surface area contributed by atoms with Gasteiger partial charge in [-0.25, -0.2) is 0 Å². The molecular weight excluding hydrogens is 326 g/mol. The van der Waals surface area contributed by atoms with E-state index in [9.17, 15) is 10.1 Å². The zero-order chi connectivity index (χ0) is 17.9. The summed E-state index contributed by atoms with van der Waals surface area (Å²) >= 11 is 0. The van der Waals surface area contributed by atoms with Crippen molar-refractivity contribution in [2.75, 3.05) is 0 Å². The average molecular weight is 341 g/mol. The van der Waals surface area contributed by atoms with Gasteiger partial charge in [-0.1, -0.05) is 60.7 Å². The van der Waals surface area contributed by atoms with Gasteiger partial charge in [0.15, 0.2) is 0 Å². The Morgan fingerprint density at radius 2 is 1.27 bits per heavy atom. The number of benzene rings is 3. The third kappa shape index (κ3) is 3.00. The van der Waals surface area contributed by atoms with Crippen LogP contribution in [0.25, 0.3) is 33.8 Å². The van der Waals surface area contributed by atoms with E-state index >= 15 is 0 Å². The Morgan fingerprint density at radius 1 is 0.692 bits per heavy atom. The van der Waals surface area contributed by atoms with Crippen LogP contribution in [-0.4, -0.2) is 4.92 Å². The highest BCUT2D eigenvalue weighted by Crippen LogP contribution is 2.39. The molecule has 26 heavy (non-hydrogen) atoms. The monoisotopic (exact) mass is 341 g/mol. The number of nitro groups is 1. The molecule has 4 heteroatoms. The molecule has 4 aromatic rings. The molecule has 0 aliphatic heterocycles. The van der Waals surface area contributed by atoms with Crippen molar-refractivity contribution in [3.05, 3.63) is 101 Å². The molecule has 0 radical (unpaired) electrons. The molecule has 0 aliphatic rings. The maximum Gasteiger partial charge on any atom is 0.269 e. The molecule has 0 N–H and O–H groups in total. The minimum atomic E-state index is -0.396. The summed E-state index contributed by atoms with van der Waals surface area (Å²) in [5.41, 5.74) is 3.80. The quantitative estimate of drug-likeness (QED) is 0.328. The number of furan rings is 1. The molecular formula is C22H15NO3. The molecule has 0 fully saturated rings. The molecule has 1 aromatic heterocycles. The van der Waals surface area contributed by atoms with Crippen molar-refractivity contribution in [2.45, 2.75) is 0 Å². The minimum absolute atomic E-state index is 0.0711. The molecule has 0 aliphatic carbocycles. The molecule has 4 rings (SSSR count). The van der Waals surface area contributed by atoms with Gasteiger partial charge in [0.2, 0.25) is 0 Å². The third-order valence-electron chi connectivity index (χ3n) is 4.22. The van der Waals surface area contributed by atoms with Crippen molar-refractivity contribution in [1.82, 2.24) is 0 Å². The fourth-order valence-corrected chi connectivity index (χ4v) is 2.92. The minimum Gasteiger partial charge on any atom is -0.455 e. The van der Waals surface area contributed by atoms with Crippen LogP contribution >= 0.6 is 0 Å². The maximum atomic E-state index is 10.9. The highest BCUT2D eigenvalue weighted by molar-refractivity contribution is 5.84. The first-order chi connectivity index (χ1) is 12.7. The summed E-state index contributed by atoms with van der Waals surface area (Å²) in [5.74, 6) is 1.51. The summed E-state index contributed by atoms with van der Waals surface area (Å²) < 4.78 is 6.19. The topological polar surface area (TPSA) is 56.3 Å². The van der Waals surface area contributed by atoms with Crippen molar-refractivity contribution < 1.29 is 9.34 Å². The second-order valence-corrected chi connectivity index (χ2v) is 5.89. The number of nitro benzene ring substituents is 1. The predicted molar refractivity (Wildman–Crippen MR) is 102 cm³/mol. The molecule has 0 saturated heterocycles. The summed E-state index contributed by atoms with van der Waals surface area (Å²) in [6.07, 6.45) is 0. The lowest BCUT2D eigenvalue weighted by atomic mass is 10.0. The van der Waals surface area contributed by atoms with Gasteiger partial charge in [-0.05, 0) is 23.8 Å². The summed E-state index contributed by atoms with van der Waals surface area (Å²) in [4.78, 5) is 10.5. The lowest BCUT2D eigenvalue weighted by Gasteiger charge is -2.03. The number of nitrogens with zero attached hydrogens (tertiary/aromatic N) is 1. The highest BCUT2D eigenvalue weighted by Gasteiger charge is 2.16. The van der Waals surface area contributed by atoms with E-state index in [0.29, 0.717) is 0 Å². The summed E-state index contributed by atoms with van der Waals surface area (Å²) in [6.45, 7) is 0. The maximum absolute atomic E-state index is 10.9. The first-order valence-corrected chi connectivity index (χ1v) is 8.22. The molecule has 1 heterocycles. The first-order valence-electron chi connectivity index (χ1n) is 8.22. The number of hydrogen-bond acceptors (Lipinski definition) is 3. The second kappa shape index (κ2) is 6.69. The van der Waals surface area contributed by atoms with Gasteiger partial charge in [-0.15, -0.1) is 0 Å². The Labute approximate surface area is 150 Å². The number of non-ortho nitro benzene ring substituents is 1. The van der Waals surface area contributed by atoms with Crippen molar-refractivity contribution >= 4 is 5.69 Å². The van der Waals surface area contributed by atoms with Gasteiger partial charge in [0.05, 0.1) is 4.92 Å². The number of rotatable bonds is 4. The average Bonchev–Trinajstić information content (AvgIpc) is 3.15. The lowest BCUT2D eigenvalue weighted by molar-refractivity contribution is -0.384. The predicted octanol–water partition coefficient (Wildman–Crippen LogP) is 6.19. The smallest absolute Gasteiger partial charge is 0.269 e. The summed E-state index contributed by atoms with van der Waals surface area (Å²) in [7, 11) is 0. The molecule has 0 unspecified atom stereocenters. The fraction of sp³-hybridized carbons (Fsp3) is 0. The fourth-order valence-electron chi connectivity index (χ4n) is 2.92. The van der Waals surface area contributed by atoms with E-state index in [1.807, 2.05) is 66.7 Å². The van der Waals surface area contributed by atoms with E-state index in [1.165, 1.54) is 12.1 Å². The summed E-state index contributed by atoms with van der Waals surface area (Å²) in [5, 5.41) is 10.9. The molecule has 0 spiro atoms. The lowest BCUT2D eigenvalue weighted by Crippen LogP contribution is -1.87. The molecule has 0 atom stereocenters.